The molecule has 0 saturated heterocycles. The van der Waals surface area contributed by atoms with Gasteiger partial charge in [-0.2, -0.15) is 0 Å². The zero-order valence-electron chi connectivity index (χ0n) is 9.98. The third kappa shape index (κ3) is 6.23. The summed E-state index contributed by atoms with van der Waals surface area (Å²) in [6.45, 7) is 2.94. The molecule has 0 unspecified atom stereocenters. The van der Waals surface area contributed by atoms with Gasteiger partial charge in [0.1, 0.15) is 6.61 Å². The van der Waals surface area contributed by atoms with Crippen LogP contribution in [0.3, 0.4) is 0 Å². The van der Waals surface area contributed by atoms with Gasteiger partial charge in [-0.1, -0.05) is 49.2 Å². The van der Waals surface area contributed by atoms with Crippen LogP contribution in [0.4, 0.5) is 0 Å². The minimum atomic E-state index is 0.734. The van der Waals surface area contributed by atoms with Crippen LogP contribution in [0.1, 0.15) is 38.2 Å². The molecular formula is C14H20NO. The highest BCUT2D eigenvalue weighted by Gasteiger charge is 1.88. The zero-order chi connectivity index (χ0) is 11.5. The van der Waals surface area contributed by atoms with E-state index in [9.17, 15) is 0 Å². The maximum Gasteiger partial charge on any atom is 0.117 e. The number of hydrogen-bond donors (Lipinski definition) is 0. The molecule has 1 aromatic carbocycles. The third-order valence-electron chi connectivity index (χ3n) is 2.34. The summed E-state index contributed by atoms with van der Waals surface area (Å²) >= 11 is 0. The summed E-state index contributed by atoms with van der Waals surface area (Å²) in [4.78, 5) is 5.16. The van der Waals surface area contributed by atoms with E-state index in [2.05, 4.69) is 24.2 Å². The standard InChI is InChI=1S/C14H20NO/c1-2-3-4-8-13-16-15-12-11-14-9-6-5-7-10-14/h5-6,9-10,12H,2-4,8,11,13H2,1H3. The molecule has 0 N–H and O–H groups in total. The molecule has 0 fully saturated rings. The number of oxime groups is 1. The Kier molecular flexibility index (Phi) is 7.14. The van der Waals surface area contributed by atoms with Gasteiger partial charge < -0.3 is 4.84 Å². The fourth-order valence-corrected chi connectivity index (χ4v) is 1.40. The first kappa shape index (κ1) is 12.8. The van der Waals surface area contributed by atoms with Crippen LogP contribution in [0.5, 0.6) is 0 Å². The molecule has 1 radical (unpaired) electrons. The van der Waals surface area contributed by atoms with Gasteiger partial charge in [0.2, 0.25) is 0 Å². The normalized spacial score (nSPS) is 10.8. The Balaban J connectivity index is 2.01. The SMILES string of the molecule is CCCCCCON=CCc1c[c]ccc1. The summed E-state index contributed by atoms with van der Waals surface area (Å²) in [5, 5.41) is 3.93. The topological polar surface area (TPSA) is 21.6 Å². The van der Waals surface area contributed by atoms with Gasteiger partial charge in [0.25, 0.3) is 0 Å². The van der Waals surface area contributed by atoms with Gasteiger partial charge in [0.05, 0.1) is 0 Å². The second kappa shape index (κ2) is 8.96. The van der Waals surface area contributed by atoms with Crippen molar-refractivity contribution in [2.24, 2.45) is 5.16 Å². The van der Waals surface area contributed by atoms with E-state index < -0.39 is 0 Å². The lowest BCUT2D eigenvalue weighted by Gasteiger charge is -1.98. The summed E-state index contributed by atoms with van der Waals surface area (Å²) in [7, 11) is 0. The lowest BCUT2D eigenvalue weighted by molar-refractivity contribution is 0.140. The van der Waals surface area contributed by atoms with E-state index in [1.807, 2.05) is 24.4 Å². The molecule has 0 aromatic heterocycles. The smallest absolute Gasteiger partial charge is 0.117 e. The highest BCUT2D eigenvalue weighted by Crippen LogP contribution is 1.99. The van der Waals surface area contributed by atoms with Crippen LogP contribution < -0.4 is 0 Å². The fourth-order valence-electron chi connectivity index (χ4n) is 1.40. The van der Waals surface area contributed by atoms with E-state index in [1.54, 1.807) is 0 Å². The largest absolute Gasteiger partial charge is 0.396 e. The number of benzene rings is 1. The van der Waals surface area contributed by atoms with Crippen molar-refractivity contribution in [3.05, 3.63) is 35.9 Å². The lowest BCUT2D eigenvalue weighted by atomic mass is 10.2. The van der Waals surface area contributed by atoms with Crippen molar-refractivity contribution in [3.8, 4) is 0 Å². The molecule has 0 aliphatic carbocycles. The van der Waals surface area contributed by atoms with Crippen molar-refractivity contribution in [2.45, 2.75) is 39.0 Å². The van der Waals surface area contributed by atoms with E-state index >= 15 is 0 Å². The van der Waals surface area contributed by atoms with Crippen LogP contribution >= 0.6 is 0 Å². The summed E-state index contributed by atoms with van der Waals surface area (Å²) in [6.07, 6.45) is 7.50. The molecule has 2 nitrogen and oxygen atoms in total. The molecule has 0 atom stereocenters. The van der Waals surface area contributed by atoms with Crippen molar-refractivity contribution in [1.29, 1.82) is 0 Å². The molecule has 0 aliphatic heterocycles. The molecule has 0 amide bonds. The molecular weight excluding hydrogens is 198 g/mol. The van der Waals surface area contributed by atoms with Crippen LogP contribution in [0, 0.1) is 6.07 Å². The predicted octanol–water partition coefficient (Wildman–Crippen LogP) is 3.61. The minimum Gasteiger partial charge on any atom is -0.396 e. The van der Waals surface area contributed by atoms with Crippen LogP contribution in [-0.4, -0.2) is 12.8 Å². The summed E-state index contributed by atoms with van der Waals surface area (Å²) in [5.41, 5.74) is 1.21. The average Bonchev–Trinajstić information content (AvgIpc) is 2.34. The Morgan fingerprint density at radius 1 is 1.38 bits per heavy atom. The molecule has 1 rings (SSSR count). The van der Waals surface area contributed by atoms with Crippen LogP contribution in [0.25, 0.3) is 0 Å². The van der Waals surface area contributed by atoms with Crippen LogP contribution in [-0.2, 0) is 11.3 Å². The maximum atomic E-state index is 5.16. The van der Waals surface area contributed by atoms with Gasteiger partial charge in [-0.25, -0.2) is 0 Å². The highest BCUT2D eigenvalue weighted by molar-refractivity contribution is 5.60. The van der Waals surface area contributed by atoms with Crippen LogP contribution in [0.2, 0.25) is 0 Å². The van der Waals surface area contributed by atoms with E-state index in [1.165, 1.54) is 24.8 Å². The molecule has 0 spiro atoms. The number of hydrogen-bond acceptors (Lipinski definition) is 2. The van der Waals surface area contributed by atoms with Gasteiger partial charge >= 0.3 is 0 Å². The quantitative estimate of drug-likeness (QED) is 0.371. The van der Waals surface area contributed by atoms with Crippen molar-refractivity contribution in [3.63, 3.8) is 0 Å². The first-order chi connectivity index (χ1) is 7.93. The minimum absolute atomic E-state index is 0.734. The maximum absolute atomic E-state index is 5.16. The molecule has 1 aromatic rings. The van der Waals surface area contributed by atoms with Crippen molar-refractivity contribution < 1.29 is 4.84 Å². The molecule has 87 valence electrons. The van der Waals surface area contributed by atoms with Gasteiger partial charge in [-0.05, 0) is 24.5 Å². The Morgan fingerprint density at radius 2 is 2.31 bits per heavy atom. The monoisotopic (exact) mass is 218 g/mol. The second-order valence-electron chi connectivity index (χ2n) is 3.80. The summed E-state index contributed by atoms with van der Waals surface area (Å²) in [5.74, 6) is 0. The van der Waals surface area contributed by atoms with E-state index in [-0.39, 0.29) is 0 Å². The Morgan fingerprint density at radius 3 is 3.06 bits per heavy atom. The van der Waals surface area contributed by atoms with Crippen molar-refractivity contribution in [1.82, 2.24) is 0 Å². The lowest BCUT2D eigenvalue weighted by Crippen LogP contribution is -1.90. The van der Waals surface area contributed by atoms with E-state index in [4.69, 9.17) is 4.84 Å². The Labute approximate surface area is 98.3 Å². The first-order valence-electron chi connectivity index (χ1n) is 6.02. The van der Waals surface area contributed by atoms with E-state index in [0.29, 0.717) is 0 Å². The Hall–Kier alpha value is -1.31. The third-order valence-corrected chi connectivity index (χ3v) is 2.34. The van der Waals surface area contributed by atoms with Gasteiger partial charge in [0.15, 0.2) is 0 Å². The predicted molar refractivity (Wildman–Crippen MR) is 67.6 cm³/mol. The summed E-state index contributed by atoms with van der Waals surface area (Å²) in [6, 6.07) is 10.9. The molecule has 2 heteroatoms. The molecule has 0 saturated carbocycles. The van der Waals surface area contributed by atoms with Crippen LogP contribution in [0.15, 0.2) is 29.4 Å². The number of rotatable bonds is 8. The molecule has 16 heavy (non-hydrogen) atoms. The van der Waals surface area contributed by atoms with Gasteiger partial charge in [-0.15, -0.1) is 0 Å². The van der Waals surface area contributed by atoms with Gasteiger partial charge in [-0.3, -0.25) is 0 Å². The number of nitrogens with zero attached hydrogens (tertiary/aromatic N) is 1. The first-order valence-corrected chi connectivity index (χ1v) is 6.02. The number of unbranched alkanes of at least 4 members (excludes halogenated alkanes) is 3. The molecule has 0 aliphatic rings. The fraction of sp³-hybridized carbons (Fsp3) is 0.500. The molecule has 0 heterocycles. The highest BCUT2D eigenvalue weighted by atomic mass is 16.6. The zero-order valence-corrected chi connectivity index (χ0v) is 9.98. The van der Waals surface area contributed by atoms with E-state index in [0.717, 1.165) is 19.4 Å². The van der Waals surface area contributed by atoms with Crippen molar-refractivity contribution in [2.75, 3.05) is 6.61 Å². The second-order valence-corrected chi connectivity index (χ2v) is 3.80. The van der Waals surface area contributed by atoms with Gasteiger partial charge in [0, 0.05) is 12.6 Å². The average molecular weight is 218 g/mol. The Bertz CT molecular complexity index is 282. The summed E-state index contributed by atoms with van der Waals surface area (Å²) < 4.78 is 0. The molecule has 0 bridgehead atoms. The van der Waals surface area contributed by atoms with Crippen molar-refractivity contribution >= 4 is 6.21 Å².